The lowest BCUT2D eigenvalue weighted by Crippen LogP contribution is -2.47. The number of rotatable bonds is 6. The van der Waals surface area contributed by atoms with E-state index in [9.17, 15) is 9.59 Å². The first-order valence-corrected chi connectivity index (χ1v) is 6.44. The van der Waals surface area contributed by atoms with Crippen molar-refractivity contribution in [3.05, 3.63) is 0 Å². The second-order valence-corrected chi connectivity index (χ2v) is 4.69. The predicted molar refractivity (Wildman–Crippen MR) is 66.5 cm³/mol. The van der Waals surface area contributed by atoms with E-state index in [0.717, 1.165) is 12.8 Å². The lowest BCUT2D eigenvalue weighted by molar-refractivity contribution is -0.137. The van der Waals surface area contributed by atoms with Crippen LogP contribution in [0.25, 0.3) is 0 Å². The van der Waals surface area contributed by atoms with E-state index in [0.29, 0.717) is 26.1 Å². The van der Waals surface area contributed by atoms with Crippen LogP contribution in [-0.2, 0) is 9.53 Å². The Balaban J connectivity index is 2.12. The Labute approximate surface area is 107 Å². The molecule has 1 atom stereocenters. The van der Waals surface area contributed by atoms with Crippen molar-refractivity contribution < 1.29 is 19.4 Å². The van der Waals surface area contributed by atoms with E-state index in [4.69, 9.17) is 9.84 Å². The summed E-state index contributed by atoms with van der Waals surface area (Å²) in [4.78, 5) is 22.0. The quantitative estimate of drug-likeness (QED) is 0.666. The van der Waals surface area contributed by atoms with Crippen molar-refractivity contribution >= 4 is 12.0 Å². The predicted octanol–water partition coefficient (Wildman–Crippen LogP) is 1.11. The normalized spacial score (nSPS) is 18.1. The van der Waals surface area contributed by atoms with Crippen molar-refractivity contribution in [1.29, 1.82) is 0 Å². The van der Waals surface area contributed by atoms with Gasteiger partial charge in [0.2, 0.25) is 0 Å². The van der Waals surface area contributed by atoms with Gasteiger partial charge >= 0.3 is 12.0 Å². The standard InChI is InChI=1S/C12H22N2O4/c1-9(3-2-4-11(15)16)13-12(17)14-10-5-7-18-8-6-10/h9-10H,2-8H2,1H3,(H,15,16)(H2,13,14,17). The van der Waals surface area contributed by atoms with Crippen molar-refractivity contribution in [3.8, 4) is 0 Å². The number of carbonyl (C=O) groups is 2. The second-order valence-electron chi connectivity index (χ2n) is 4.69. The molecule has 0 spiro atoms. The molecule has 0 aliphatic carbocycles. The van der Waals surface area contributed by atoms with E-state index in [1.807, 2.05) is 6.92 Å². The van der Waals surface area contributed by atoms with Gasteiger partial charge < -0.3 is 20.5 Å². The molecule has 1 aliphatic rings. The van der Waals surface area contributed by atoms with Gasteiger partial charge in [-0.1, -0.05) is 0 Å². The van der Waals surface area contributed by atoms with E-state index in [2.05, 4.69) is 10.6 Å². The molecule has 2 amide bonds. The fourth-order valence-corrected chi connectivity index (χ4v) is 1.92. The lowest BCUT2D eigenvalue weighted by Gasteiger charge is -2.24. The van der Waals surface area contributed by atoms with Gasteiger partial charge in [-0.15, -0.1) is 0 Å². The fraction of sp³-hybridized carbons (Fsp3) is 0.833. The Morgan fingerprint density at radius 2 is 2.06 bits per heavy atom. The van der Waals surface area contributed by atoms with Crippen LogP contribution in [0.15, 0.2) is 0 Å². The molecular formula is C12H22N2O4. The van der Waals surface area contributed by atoms with Gasteiger partial charge in [-0.05, 0) is 32.6 Å². The number of urea groups is 1. The Morgan fingerprint density at radius 1 is 1.39 bits per heavy atom. The molecule has 3 N–H and O–H groups in total. The van der Waals surface area contributed by atoms with Gasteiger partial charge in [0.1, 0.15) is 0 Å². The highest BCUT2D eigenvalue weighted by molar-refractivity contribution is 5.74. The highest BCUT2D eigenvalue weighted by Gasteiger charge is 2.16. The van der Waals surface area contributed by atoms with Gasteiger partial charge in [0.05, 0.1) is 0 Å². The van der Waals surface area contributed by atoms with E-state index in [-0.39, 0.29) is 24.5 Å². The third kappa shape index (κ3) is 6.44. The lowest BCUT2D eigenvalue weighted by atomic mass is 10.1. The highest BCUT2D eigenvalue weighted by Crippen LogP contribution is 2.06. The number of aliphatic carboxylic acids is 1. The molecule has 1 fully saturated rings. The van der Waals surface area contributed by atoms with Crippen LogP contribution in [0, 0.1) is 0 Å². The van der Waals surface area contributed by atoms with E-state index in [1.54, 1.807) is 0 Å². The van der Waals surface area contributed by atoms with Crippen LogP contribution >= 0.6 is 0 Å². The van der Waals surface area contributed by atoms with Crippen molar-refractivity contribution in [2.75, 3.05) is 13.2 Å². The van der Waals surface area contributed by atoms with Crippen LogP contribution in [0.1, 0.15) is 39.0 Å². The van der Waals surface area contributed by atoms with Crippen LogP contribution in [0.4, 0.5) is 4.79 Å². The van der Waals surface area contributed by atoms with Crippen molar-refractivity contribution in [2.24, 2.45) is 0 Å². The molecule has 1 heterocycles. The minimum atomic E-state index is -0.797. The number of nitrogens with one attached hydrogen (secondary N) is 2. The molecule has 0 aromatic carbocycles. The Kier molecular flexibility index (Phi) is 6.49. The molecule has 0 aromatic rings. The van der Waals surface area contributed by atoms with Crippen LogP contribution in [0.2, 0.25) is 0 Å². The molecule has 0 saturated carbocycles. The summed E-state index contributed by atoms with van der Waals surface area (Å²) < 4.78 is 5.21. The van der Waals surface area contributed by atoms with Crippen LogP contribution in [-0.4, -0.2) is 42.4 Å². The Hall–Kier alpha value is -1.30. The molecule has 0 aromatic heterocycles. The van der Waals surface area contributed by atoms with Gasteiger partial charge in [-0.3, -0.25) is 4.79 Å². The first-order valence-electron chi connectivity index (χ1n) is 6.44. The third-order valence-corrected chi connectivity index (χ3v) is 2.96. The summed E-state index contributed by atoms with van der Waals surface area (Å²) in [6.07, 6.45) is 3.09. The molecule has 6 nitrogen and oxygen atoms in total. The third-order valence-electron chi connectivity index (χ3n) is 2.96. The van der Waals surface area contributed by atoms with E-state index >= 15 is 0 Å². The van der Waals surface area contributed by atoms with Crippen molar-refractivity contribution in [1.82, 2.24) is 10.6 Å². The summed E-state index contributed by atoms with van der Waals surface area (Å²) in [7, 11) is 0. The minimum Gasteiger partial charge on any atom is -0.481 e. The summed E-state index contributed by atoms with van der Waals surface area (Å²) in [5.74, 6) is -0.797. The zero-order valence-electron chi connectivity index (χ0n) is 10.8. The number of carbonyl (C=O) groups excluding carboxylic acids is 1. The molecule has 18 heavy (non-hydrogen) atoms. The minimum absolute atomic E-state index is 0.0100. The number of ether oxygens (including phenoxy) is 1. The number of carboxylic acids is 1. The number of carboxylic acid groups (broad SMARTS) is 1. The average molecular weight is 258 g/mol. The fourth-order valence-electron chi connectivity index (χ4n) is 1.92. The number of hydrogen-bond acceptors (Lipinski definition) is 3. The maximum Gasteiger partial charge on any atom is 0.315 e. The van der Waals surface area contributed by atoms with Gasteiger partial charge in [0.25, 0.3) is 0 Å². The molecule has 104 valence electrons. The zero-order valence-corrected chi connectivity index (χ0v) is 10.8. The van der Waals surface area contributed by atoms with Crippen LogP contribution in [0.3, 0.4) is 0 Å². The Morgan fingerprint density at radius 3 is 2.67 bits per heavy atom. The van der Waals surface area contributed by atoms with E-state index < -0.39 is 5.97 Å². The van der Waals surface area contributed by atoms with Gasteiger partial charge in [-0.25, -0.2) is 4.79 Å². The SMILES string of the molecule is CC(CCCC(=O)O)NC(=O)NC1CCOCC1. The van der Waals surface area contributed by atoms with Gasteiger partial charge in [-0.2, -0.15) is 0 Å². The molecule has 0 radical (unpaired) electrons. The van der Waals surface area contributed by atoms with Crippen LogP contribution < -0.4 is 10.6 Å². The molecule has 0 bridgehead atoms. The number of hydrogen-bond donors (Lipinski definition) is 3. The Bertz CT molecular complexity index is 277. The molecular weight excluding hydrogens is 236 g/mol. The maximum absolute atomic E-state index is 11.6. The first kappa shape index (κ1) is 14.8. The van der Waals surface area contributed by atoms with E-state index in [1.165, 1.54) is 0 Å². The molecule has 1 rings (SSSR count). The summed E-state index contributed by atoms with van der Waals surface area (Å²) in [5.41, 5.74) is 0. The first-order chi connectivity index (χ1) is 8.58. The zero-order chi connectivity index (χ0) is 13.4. The monoisotopic (exact) mass is 258 g/mol. The van der Waals surface area contributed by atoms with Crippen LogP contribution in [0.5, 0.6) is 0 Å². The number of amides is 2. The highest BCUT2D eigenvalue weighted by atomic mass is 16.5. The van der Waals surface area contributed by atoms with Crippen molar-refractivity contribution in [3.63, 3.8) is 0 Å². The topological polar surface area (TPSA) is 87.7 Å². The van der Waals surface area contributed by atoms with Gasteiger partial charge in [0, 0.05) is 31.7 Å². The summed E-state index contributed by atoms with van der Waals surface area (Å²) in [5, 5.41) is 14.2. The average Bonchev–Trinajstić information content (AvgIpc) is 2.29. The summed E-state index contributed by atoms with van der Waals surface area (Å²) in [6.45, 7) is 3.27. The largest absolute Gasteiger partial charge is 0.481 e. The van der Waals surface area contributed by atoms with Gasteiger partial charge in [0.15, 0.2) is 0 Å². The van der Waals surface area contributed by atoms with Crippen molar-refractivity contribution in [2.45, 2.75) is 51.1 Å². The molecule has 1 saturated heterocycles. The smallest absolute Gasteiger partial charge is 0.315 e. The summed E-state index contributed by atoms with van der Waals surface area (Å²) in [6, 6.07) is -0.00103. The molecule has 1 unspecified atom stereocenters. The maximum atomic E-state index is 11.6. The summed E-state index contributed by atoms with van der Waals surface area (Å²) >= 11 is 0. The molecule has 1 aliphatic heterocycles. The second kappa shape index (κ2) is 7.92. The molecule has 6 heteroatoms.